The molecule has 1 aromatic heterocycles. The Morgan fingerprint density at radius 3 is 2.52 bits per heavy atom. The Kier molecular flexibility index (Phi) is 3.99. The van der Waals surface area contributed by atoms with Gasteiger partial charge in [-0.15, -0.1) is 0 Å². The molecular weight excluding hydrogens is 338 g/mol. The van der Waals surface area contributed by atoms with E-state index < -0.39 is 0 Å². The van der Waals surface area contributed by atoms with Crippen LogP contribution in [-0.4, -0.2) is 19.1 Å². The number of carbonyl (C=O) groups excluding carboxylic acids is 1. The van der Waals surface area contributed by atoms with Gasteiger partial charge in [0.05, 0.1) is 19.8 Å². The third kappa shape index (κ3) is 2.94. The van der Waals surface area contributed by atoms with Crippen LogP contribution in [0.3, 0.4) is 0 Å². The summed E-state index contributed by atoms with van der Waals surface area (Å²) < 4.78 is 10.9. The monoisotopic (exact) mass is 367 g/mol. The van der Waals surface area contributed by atoms with Gasteiger partial charge in [-0.1, -0.05) is 0 Å². The van der Waals surface area contributed by atoms with E-state index in [1.54, 1.807) is 13.4 Å². The summed E-state index contributed by atoms with van der Waals surface area (Å²) in [5.74, 6) is 3.59. The Morgan fingerprint density at radius 1 is 1.22 bits per heavy atom. The van der Waals surface area contributed by atoms with Gasteiger partial charge in [0, 0.05) is 23.1 Å². The van der Waals surface area contributed by atoms with Crippen molar-refractivity contribution in [1.82, 2.24) is 5.32 Å². The topological polar surface area (TPSA) is 51.5 Å². The largest absolute Gasteiger partial charge is 0.497 e. The molecule has 4 nitrogen and oxygen atoms in total. The van der Waals surface area contributed by atoms with Gasteiger partial charge in [0.2, 0.25) is 5.91 Å². The van der Waals surface area contributed by atoms with Gasteiger partial charge in [-0.3, -0.25) is 4.79 Å². The maximum Gasteiger partial charge on any atom is 0.224 e. The van der Waals surface area contributed by atoms with E-state index in [-0.39, 0.29) is 11.9 Å². The first-order valence-electron chi connectivity index (χ1n) is 10.4. The summed E-state index contributed by atoms with van der Waals surface area (Å²) in [4.78, 5) is 12.8. The summed E-state index contributed by atoms with van der Waals surface area (Å²) in [5.41, 5.74) is 2.06. The van der Waals surface area contributed by atoms with E-state index in [1.807, 2.05) is 18.2 Å². The van der Waals surface area contributed by atoms with Crippen LogP contribution in [0.2, 0.25) is 0 Å². The normalized spacial score (nSPS) is 32.6. The zero-order valence-electron chi connectivity index (χ0n) is 16.3. The van der Waals surface area contributed by atoms with Crippen molar-refractivity contribution in [2.45, 2.75) is 57.9 Å². The van der Waals surface area contributed by atoms with Crippen molar-refractivity contribution in [2.75, 3.05) is 7.11 Å². The van der Waals surface area contributed by atoms with Crippen LogP contribution < -0.4 is 10.1 Å². The first-order chi connectivity index (χ1) is 13.0. The predicted molar refractivity (Wildman–Crippen MR) is 105 cm³/mol. The van der Waals surface area contributed by atoms with Gasteiger partial charge in [-0.05, 0) is 80.8 Å². The zero-order valence-corrected chi connectivity index (χ0v) is 16.3. The minimum atomic E-state index is 0.108. The van der Waals surface area contributed by atoms with Gasteiger partial charge in [0.1, 0.15) is 11.3 Å². The summed E-state index contributed by atoms with van der Waals surface area (Å²) in [5, 5.41) is 4.35. The predicted octanol–water partition coefficient (Wildman–Crippen LogP) is 4.71. The molecule has 1 amide bonds. The average Bonchev–Trinajstić information content (AvgIpc) is 3.02. The lowest BCUT2D eigenvalue weighted by atomic mass is 9.48. The number of fused-ring (bicyclic) bond motifs is 1. The van der Waals surface area contributed by atoms with Gasteiger partial charge in [-0.25, -0.2) is 0 Å². The van der Waals surface area contributed by atoms with Crippen LogP contribution in [0.4, 0.5) is 0 Å². The van der Waals surface area contributed by atoms with Crippen molar-refractivity contribution in [3.63, 3.8) is 0 Å². The number of rotatable bonds is 5. The van der Waals surface area contributed by atoms with Gasteiger partial charge in [0.15, 0.2) is 0 Å². The van der Waals surface area contributed by atoms with Crippen molar-refractivity contribution >= 4 is 16.9 Å². The number of hydrogen-bond acceptors (Lipinski definition) is 3. The van der Waals surface area contributed by atoms with E-state index in [4.69, 9.17) is 9.15 Å². The second-order valence-corrected chi connectivity index (χ2v) is 9.37. The second kappa shape index (κ2) is 6.29. The van der Waals surface area contributed by atoms with Crippen molar-refractivity contribution in [3.05, 3.63) is 30.0 Å². The molecule has 144 valence electrons. The molecule has 1 atom stereocenters. The molecule has 0 aliphatic heterocycles. The van der Waals surface area contributed by atoms with Crippen LogP contribution in [0.15, 0.2) is 28.9 Å². The number of nitrogens with one attached hydrogen (secondary N) is 1. The van der Waals surface area contributed by atoms with Crippen molar-refractivity contribution in [2.24, 2.45) is 23.2 Å². The summed E-state index contributed by atoms with van der Waals surface area (Å²) in [7, 11) is 1.64. The molecule has 4 fully saturated rings. The van der Waals surface area contributed by atoms with Crippen LogP contribution in [0.1, 0.15) is 51.0 Å². The van der Waals surface area contributed by atoms with Crippen LogP contribution in [0.5, 0.6) is 5.75 Å². The molecule has 27 heavy (non-hydrogen) atoms. The minimum absolute atomic E-state index is 0.108. The highest BCUT2D eigenvalue weighted by Crippen LogP contribution is 2.61. The second-order valence-electron chi connectivity index (χ2n) is 9.37. The number of methoxy groups -OCH3 is 1. The van der Waals surface area contributed by atoms with Crippen molar-refractivity contribution < 1.29 is 13.9 Å². The SMILES string of the molecule is COc1ccc2c(CC(=O)N[C@H](C)C34CC5CC(CC(C5)C3)C4)coc2c1. The fraction of sp³-hybridized carbons (Fsp3) is 0.609. The maximum atomic E-state index is 12.8. The molecule has 0 saturated heterocycles. The van der Waals surface area contributed by atoms with Crippen LogP contribution in [0.25, 0.3) is 11.0 Å². The minimum Gasteiger partial charge on any atom is -0.497 e. The number of benzene rings is 1. The van der Waals surface area contributed by atoms with E-state index in [0.717, 1.165) is 40.0 Å². The van der Waals surface area contributed by atoms with Crippen LogP contribution >= 0.6 is 0 Å². The molecule has 1 heterocycles. The summed E-state index contributed by atoms with van der Waals surface area (Å²) in [6, 6.07) is 6.02. The Bertz CT molecular complexity index is 832. The molecule has 0 radical (unpaired) electrons. The Morgan fingerprint density at radius 2 is 1.89 bits per heavy atom. The Labute approximate surface area is 160 Å². The van der Waals surface area contributed by atoms with Gasteiger partial charge in [-0.2, -0.15) is 0 Å². The molecule has 4 saturated carbocycles. The molecule has 0 spiro atoms. The highest BCUT2D eigenvalue weighted by Gasteiger charge is 2.53. The number of amides is 1. The molecule has 1 aromatic carbocycles. The number of furan rings is 1. The Balaban J connectivity index is 1.28. The van der Waals surface area contributed by atoms with Crippen molar-refractivity contribution in [1.29, 1.82) is 0 Å². The molecule has 4 aliphatic carbocycles. The highest BCUT2D eigenvalue weighted by molar-refractivity contribution is 5.88. The lowest BCUT2D eigenvalue weighted by Gasteiger charge is -2.59. The van der Waals surface area contributed by atoms with Crippen molar-refractivity contribution in [3.8, 4) is 5.75 Å². The fourth-order valence-corrected chi connectivity index (χ4v) is 6.65. The van der Waals surface area contributed by atoms with Gasteiger partial charge >= 0.3 is 0 Å². The molecule has 4 bridgehead atoms. The van der Waals surface area contributed by atoms with E-state index in [0.29, 0.717) is 11.8 Å². The molecular formula is C23H29NO3. The van der Waals surface area contributed by atoms with Gasteiger partial charge < -0.3 is 14.5 Å². The lowest BCUT2D eigenvalue weighted by Crippen LogP contribution is -2.56. The van der Waals surface area contributed by atoms with E-state index >= 15 is 0 Å². The summed E-state index contributed by atoms with van der Waals surface area (Å²) in [6.07, 6.45) is 10.3. The fourth-order valence-electron chi connectivity index (χ4n) is 6.65. The molecule has 0 unspecified atom stereocenters. The molecule has 6 rings (SSSR count). The molecule has 4 aliphatic rings. The smallest absolute Gasteiger partial charge is 0.224 e. The highest BCUT2D eigenvalue weighted by atomic mass is 16.5. The third-order valence-corrected chi connectivity index (χ3v) is 7.60. The third-order valence-electron chi connectivity index (χ3n) is 7.60. The number of ether oxygens (including phenoxy) is 1. The number of carbonyl (C=O) groups is 1. The van der Waals surface area contributed by atoms with Gasteiger partial charge in [0.25, 0.3) is 0 Å². The standard InChI is InChI=1S/C23H29NO3/c1-14(23-10-15-5-16(11-23)7-17(6-15)12-23)24-22(25)8-18-13-27-21-9-19(26-2)3-4-20(18)21/h3-4,9,13-17H,5-8,10-12H2,1-2H3,(H,24,25)/t14-,15?,16?,17?,23?/m1/s1. The maximum absolute atomic E-state index is 12.8. The van der Waals surface area contributed by atoms with Crippen LogP contribution in [0, 0.1) is 23.2 Å². The quantitative estimate of drug-likeness (QED) is 0.833. The number of hydrogen-bond donors (Lipinski definition) is 1. The lowest BCUT2D eigenvalue weighted by molar-refractivity contribution is -0.125. The molecule has 1 N–H and O–H groups in total. The van der Waals surface area contributed by atoms with E-state index in [9.17, 15) is 4.79 Å². The van der Waals surface area contributed by atoms with E-state index in [2.05, 4.69) is 12.2 Å². The Hall–Kier alpha value is -1.97. The summed E-state index contributed by atoms with van der Waals surface area (Å²) in [6.45, 7) is 2.24. The first kappa shape index (κ1) is 17.2. The first-order valence-corrected chi connectivity index (χ1v) is 10.4. The average molecular weight is 367 g/mol. The zero-order chi connectivity index (χ0) is 18.6. The summed E-state index contributed by atoms with van der Waals surface area (Å²) >= 11 is 0. The van der Waals surface area contributed by atoms with Crippen LogP contribution in [-0.2, 0) is 11.2 Å². The van der Waals surface area contributed by atoms with E-state index in [1.165, 1.54) is 38.5 Å². The molecule has 4 heteroatoms. The molecule has 2 aromatic rings.